The standard InChI is InChI=1S/C33H57N3O2.C2H6/c1-7-9-11-12-13-16-32-18-17-31(28-37)27-33(32)36(21-14-10-8-2)24-23-35(30(5)26-29(3)4)22-20-34-19-15-25-38-6;1-2/h8,10,17-18,26-28,30,34H,7,9,11-16,19-25H2,1-6H3;1-2H3/b10-8-;. The van der Waals surface area contributed by atoms with Crippen LogP contribution in [0.15, 0.2) is 42.0 Å². The molecule has 0 aromatic heterocycles. The van der Waals surface area contributed by atoms with E-state index in [0.29, 0.717) is 6.04 Å². The van der Waals surface area contributed by atoms with Gasteiger partial charge in [-0.2, -0.15) is 0 Å². The zero-order chi connectivity index (χ0) is 30.0. The third-order valence-corrected chi connectivity index (χ3v) is 7.02. The van der Waals surface area contributed by atoms with Gasteiger partial charge in [-0.15, -0.1) is 0 Å². The van der Waals surface area contributed by atoms with Crippen LogP contribution in [0.4, 0.5) is 5.69 Å². The molecule has 0 fully saturated rings. The van der Waals surface area contributed by atoms with Gasteiger partial charge in [-0.25, -0.2) is 0 Å². The third-order valence-electron chi connectivity index (χ3n) is 7.02. The maximum atomic E-state index is 11.7. The molecule has 0 radical (unpaired) electrons. The Morgan fingerprint density at radius 1 is 1.00 bits per heavy atom. The van der Waals surface area contributed by atoms with E-state index in [2.05, 4.69) is 80.1 Å². The predicted octanol–water partition coefficient (Wildman–Crippen LogP) is 8.09. The summed E-state index contributed by atoms with van der Waals surface area (Å²) in [7, 11) is 1.76. The lowest BCUT2D eigenvalue weighted by atomic mass is 10.0. The number of ether oxygens (including phenoxy) is 1. The first-order valence-electron chi connectivity index (χ1n) is 16.0. The number of aldehydes is 1. The number of methoxy groups -OCH3 is 1. The van der Waals surface area contributed by atoms with E-state index in [1.807, 2.05) is 19.9 Å². The molecule has 5 nitrogen and oxygen atoms in total. The number of carbonyl (C=O) groups excluding carboxylic acids is 1. The van der Waals surface area contributed by atoms with Crippen LogP contribution < -0.4 is 10.2 Å². The topological polar surface area (TPSA) is 44.8 Å². The molecule has 1 aromatic rings. The van der Waals surface area contributed by atoms with Crippen LogP contribution in [-0.4, -0.2) is 70.2 Å². The molecule has 1 aromatic carbocycles. The smallest absolute Gasteiger partial charge is 0.150 e. The van der Waals surface area contributed by atoms with Crippen LogP contribution in [0.2, 0.25) is 0 Å². The van der Waals surface area contributed by atoms with Gasteiger partial charge in [-0.1, -0.05) is 82.4 Å². The van der Waals surface area contributed by atoms with E-state index in [-0.39, 0.29) is 0 Å². The van der Waals surface area contributed by atoms with Crippen LogP contribution in [0.3, 0.4) is 0 Å². The molecule has 5 heteroatoms. The Morgan fingerprint density at radius 2 is 1.75 bits per heavy atom. The fourth-order valence-electron chi connectivity index (χ4n) is 4.87. The molecule has 0 saturated carbocycles. The Labute approximate surface area is 248 Å². The normalized spacial score (nSPS) is 11.8. The van der Waals surface area contributed by atoms with E-state index in [0.717, 1.165) is 77.0 Å². The van der Waals surface area contributed by atoms with Gasteiger partial charge >= 0.3 is 0 Å². The fourth-order valence-corrected chi connectivity index (χ4v) is 4.87. The van der Waals surface area contributed by atoms with Crippen molar-refractivity contribution < 1.29 is 9.53 Å². The summed E-state index contributed by atoms with van der Waals surface area (Å²) in [6, 6.07) is 6.67. The van der Waals surface area contributed by atoms with Gasteiger partial charge in [0.2, 0.25) is 0 Å². The zero-order valence-corrected chi connectivity index (χ0v) is 27.4. The largest absolute Gasteiger partial charge is 0.385 e. The lowest BCUT2D eigenvalue weighted by Crippen LogP contribution is -2.43. The minimum Gasteiger partial charge on any atom is -0.385 e. The van der Waals surface area contributed by atoms with Crippen molar-refractivity contribution in [3.05, 3.63) is 53.1 Å². The van der Waals surface area contributed by atoms with Gasteiger partial charge in [0.1, 0.15) is 6.29 Å². The second-order valence-electron chi connectivity index (χ2n) is 10.6. The van der Waals surface area contributed by atoms with Crippen LogP contribution in [0.1, 0.15) is 109 Å². The molecule has 0 amide bonds. The van der Waals surface area contributed by atoms with Crippen molar-refractivity contribution in [1.29, 1.82) is 0 Å². The number of nitrogens with one attached hydrogen (secondary N) is 1. The molecule has 1 N–H and O–H groups in total. The highest BCUT2D eigenvalue weighted by atomic mass is 16.5. The second kappa shape index (κ2) is 26.0. The van der Waals surface area contributed by atoms with Crippen LogP contribution in [0, 0.1) is 0 Å². The number of allylic oxidation sites excluding steroid dienone is 2. The SMILES string of the molecule is C/C=C\CCN(CCN(CCNCCCOC)C(C)C=C(C)C)c1cc(C=O)ccc1CCCCCCC.CC. The number of benzene rings is 1. The molecule has 0 heterocycles. The number of hydrogen-bond donors (Lipinski definition) is 1. The lowest BCUT2D eigenvalue weighted by molar-refractivity contribution is 0.112. The number of carbonyl (C=O) groups is 1. The summed E-state index contributed by atoms with van der Waals surface area (Å²) in [5.41, 5.74) is 4.73. The molecule has 0 spiro atoms. The minimum absolute atomic E-state index is 0.373. The maximum absolute atomic E-state index is 11.7. The van der Waals surface area contributed by atoms with E-state index in [1.54, 1.807) is 7.11 Å². The number of anilines is 1. The predicted molar refractivity (Wildman–Crippen MR) is 177 cm³/mol. The first-order valence-corrected chi connectivity index (χ1v) is 16.0. The summed E-state index contributed by atoms with van der Waals surface area (Å²) in [6.07, 6.45) is 17.2. The first kappa shape index (κ1) is 38.0. The molecule has 1 rings (SSSR count). The van der Waals surface area contributed by atoms with Crippen molar-refractivity contribution in [3.63, 3.8) is 0 Å². The van der Waals surface area contributed by atoms with E-state index >= 15 is 0 Å². The van der Waals surface area contributed by atoms with Gasteiger partial charge < -0.3 is 15.0 Å². The molecular formula is C35H63N3O2. The minimum atomic E-state index is 0.373. The van der Waals surface area contributed by atoms with Crippen molar-refractivity contribution in [3.8, 4) is 0 Å². The number of aryl methyl sites for hydroxylation is 1. The van der Waals surface area contributed by atoms with Gasteiger partial charge in [0, 0.05) is 63.7 Å². The quantitative estimate of drug-likeness (QED) is 0.0837. The monoisotopic (exact) mass is 557 g/mol. The average molecular weight is 558 g/mol. The molecule has 0 aliphatic carbocycles. The number of nitrogens with zero attached hydrogens (tertiary/aromatic N) is 2. The Hall–Kier alpha value is -1.95. The van der Waals surface area contributed by atoms with Crippen LogP contribution in [-0.2, 0) is 11.2 Å². The zero-order valence-electron chi connectivity index (χ0n) is 27.4. The van der Waals surface area contributed by atoms with Crippen molar-refractivity contribution in [2.45, 2.75) is 106 Å². The molecular weight excluding hydrogens is 494 g/mol. The van der Waals surface area contributed by atoms with E-state index in [4.69, 9.17) is 4.74 Å². The molecule has 0 bridgehead atoms. The number of hydrogen-bond acceptors (Lipinski definition) is 5. The van der Waals surface area contributed by atoms with Crippen LogP contribution in [0.25, 0.3) is 0 Å². The highest BCUT2D eigenvalue weighted by Crippen LogP contribution is 2.25. The summed E-state index contributed by atoms with van der Waals surface area (Å²) in [5.74, 6) is 0. The highest BCUT2D eigenvalue weighted by molar-refractivity contribution is 5.78. The van der Waals surface area contributed by atoms with Crippen molar-refractivity contribution in [2.75, 3.05) is 57.9 Å². The second-order valence-corrected chi connectivity index (χ2v) is 10.6. The average Bonchev–Trinajstić information content (AvgIpc) is 2.96. The van der Waals surface area contributed by atoms with E-state index < -0.39 is 0 Å². The van der Waals surface area contributed by atoms with Crippen LogP contribution in [0.5, 0.6) is 0 Å². The Balaban J connectivity index is 0.00000742. The van der Waals surface area contributed by atoms with Crippen molar-refractivity contribution in [2.24, 2.45) is 0 Å². The fraction of sp³-hybridized carbons (Fsp3) is 0.686. The Morgan fingerprint density at radius 3 is 2.40 bits per heavy atom. The summed E-state index contributed by atoms with van der Waals surface area (Å²) in [5, 5.41) is 3.58. The summed E-state index contributed by atoms with van der Waals surface area (Å²) in [4.78, 5) is 16.8. The van der Waals surface area contributed by atoms with Crippen molar-refractivity contribution in [1.82, 2.24) is 10.2 Å². The lowest BCUT2D eigenvalue weighted by Gasteiger charge is -2.33. The highest BCUT2D eigenvalue weighted by Gasteiger charge is 2.17. The van der Waals surface area contributed by atoms with Gasteiger partial charge in [0.05, 0.1) is 0 Å². The van der Waals surface area contributed by atoms with Crippen LogP contribution >= 0.6 is 0 Å². The summed E-state index contributed by atoms with van der Waals surface area (Å²) in [6.45, 7) is 21.6. The van der Waals surface area contributed by atoms with Crippen molar-refractivity contribution >= 4 is 12.0 Å². The first-order chi connectivity index (χ1) is 19.5. The molecule has 0 aliphatic heterocycles. The number of unbranched alkanes of at least 4 members (excludes halogenated alkanes) is 4. The molecule has 1 unspecified atom stereocenters. The molecule has 0 saturated heterocycles. The number of rotatable bonds is 23. The van der Waals surface area contributed by atoms with Gasteiger partial charge in [-0.05, 0) is 71.6 Å². The van der Waals surface area contributed by atoms with E-state index in [1.165, 1.54) is 48.9 Å². The Kier molecular flexibility index (Phi) is 24.7. The van der Waals surface area contributed by atoms with Gasteiger partial charge in [-0.3, -0.25) is 9.69 Å². The van der Waals surface area contributed by atoms with E-state index in [9.17, 15) is 4.79 Å². The van der Waals surface area contributed by atoms with Gasteiger partial charge in [0.25, 0.3) is 0 Å². The molecule has 1 atom stereocenters. The third kappa shape index (κ3) is 17.7. The summed E-state index contributed by atoms with van der Waals surface area (Å²) >= 11 is 0. The Bertz CT molecular complexity index is 802. The van der Waals surface area contributed by atoms with Gasteiger partial charge in [0.15, 0.2) is 0 Å². The molecule has 40 heavy (non-hydrogen) atoms. The molecule has 0 aliphatic rings. The summed E-state index contributed by atoms with van der Waals surface area (Å²) < 4.78 is 5.18. The maximum Gasteiger partial charge on any atom is 0.150 e. The molecule has 230 valence electrons.